The van der Waals surface area contributed by atoms with Crippen molar-refractivity contribution in [1.82, 2.24) is 19.8 Å². The van der Waals surface area contributed by atoms with E-state index in [4.69, 9.17) is 5.73 Å². The summed E-state index contributed by atoms with van der Waals surface area (Å²) in [5, 5.41) is 1.79. The van der Waals surface area contributed by atoms with Gasteiger partial charge in [-0.15, -0.1) is 4.83 Å². The summed E-state index contributed by atoms with van der Waals surface area (Å²) in [6.45, 7) is 4.02. The molecule has 0 saturated carbocycles. The normalized spacial score (nSPS) is 25.4. The first-order valence-electron chi connectivity index (χ1n) is 6.28. The van der Waals surface area contributed by atoms with Crippen LogP contribution in [-0.4, -0.2) is 35.5 Å². The maximum Gasteiger partial charge on any atom is 0.256 e. The lowest BCUT2D eigenvalue weighted by Gasteiger charge is -2.38. The van der Waals surface area contributed by atoms with Gasteiger partial charge in [0.15, 0.2) is 0 Å². The number of rotatable bonds is 3. The van der Waals surface area contributed by atoms with Crippen molar-refractivity contribution in [3.05, 3.63) is 12.4 Å². The fourth-order valence-corrected chi connectivity index (χ4v) is 3.38. The average molecular weight is 285 g/mol. The van der Waals surface area contributed by atoms with Gasteiger partial charge in [0, 0.05) is 12.1 Å². The number of aromatic nitrogens is 2. The van der Waals surface area contributed by atoms with Crippen LogP contribution in [0.4, 0.5) is 5.95 Å². The minimum Gasteiger partial charge on any atom is -0.368 e. The van der Waals surface area contributed by atoms with E-state index in [1.54, 1.807) is 5.01 Å². The molecule has 106 valence electrons. The zero-order chi connectivity index (χ0) is 14.0. The number of anilines is 1. The van der Waals surface area contributed by atoms with Crippen molar-refractivity contribution in [2.24, 2.45) is 0 Å². The molecule has 0 amide bonds. The third kappa shape index (κ3) is 3.20. The van der Waals surface area contributed by atoms with E-state index in [2.05, 4.69) is 14.8 Å². The number of nitrogens with zero attached hydrogens (tertiary/aromatic N) is 3. The molecule has 0 spiro atoms. The lowest BCUT2D eigenvalue weighted by Crippen LogP contribution is -2.53. The second kappa shape index (κ2) is 5.40. The summed E-state index contributed by atoms with van der Waals surface area (Å²) in [4.78, 5) is 10.0. The van der Waals surface area contributed by atoms with Gasteiger partial charge in [0.1, 0.15) is 4.90 Å². The van der Waals surface area contributed by atoms with Crippen molar-refractivity contribution in [2.45, 2.75) is 50.1 Å². The molecule has 1 aliphatic rings. The highest BCUT2D eigenvalue weighted by atomic mass is 32.2. The molecule has 1 aromatic heterocycles. The van der Waals surface area contributed by atoms with Gasteiger partial charge in [-0.2, -0.15) is 0 Å². The first kappa shape index (κ1) is 14.2. The number of hydrogen-bond donors (Lipinski definition) is 2. The van der Waals surface area contributed by atoms with E-state index in [0.717, 1.165) is 19.3 Å². The Morgan fingerprint density at radius 2 is 1.79 bits per heavy atom. The standard InChI is InChI=1S/C11H19N5O2S/c1-8-4-3-5-9(2)16(8)15-19(17,18)10-6-13-11(12)14-7-10/h6-9,15H,3-5H2,1-2H3,(H2,12,13,14). The number of nitrogens with one attached hydrogen (secondary N) is 1. The highest BCUT2D eigenvalue weighted by molar-refractivity contribution is 7.89. The zero-order valence-electron chi connectivity index (χ0n) is 11.1. The Morgan fingerprint density at radius 1 is 1.26 bits per heavy atom. The molecule has 0 aliphatic carbocycles. The van der Waals surface area contributed by atoms with Crippen LogP contribution < -0.4 is 10.6 Å². The molecular weight excluding hydrogens is 266 g/mol. The molecule has 2 heterocycles. The minimum atomic E-state index is -3.65. The van der Waals surface area contributed by atoms with Crippen LogP contribution in [0.15, 0.2) is 17.3 Å². The highest BCUT2D eigenvalue weighted by Crippen LogP contribution is 2.21. The summed E-state index contributed by atoms with van der Waals surface area (Å²) < 4.78 is 24.5. The van der Waals surface area contributed by atoms with Crippen molar-refractivity contribution >= 4 is 16.0 Å². The molecule has 1 aromatic rings. The average Bonchev–Trinajstić information content (AvgIpc) is 2.35. The number of piperidine rings is 1. The fraction of sp³-hybridized carbons (Fsp3) is 0.636. The van der Waals surface area contributed by atoms with Gasteiger partial charge in [-0.05, 0) is 26.7 Å². The van der Waals surface area contributed by atoms with Gasteiger partial charge in [-0.3, -0.25) is 0 Å². The van der Waals surface area contributed by atoms with Crippen LogP contribution in [0.2, 0.25) is 0 Å². The van der Waals surface area contributed by atoms with Gasteiger partial charge in [0.2, 0.25) is 5.95 Å². The fourth-order valence-electron chi connectivity index (χ4n) is 2.26. The Morgan fingerprint density at radius 3 is 2.32 bits per heavy atom. The molecule has 0 aromatic carbocycles. The first-order chi connectivity index (χ1) is 8.90. The van der Waals surface area contributed by atoms with Gasteiger partial charge < -0.3 is 5.73 Å². The molecule has 1 saturated heterocycles. The Bertz CT molecular complexity index is 521. The van der Waals surface area contributed by atoms with Crippen molar-refractivity contribution in [1.29, 1.82) is 0 Å². The summed E-state index contributed by atoms with van der Waals surface area (Å²) in [5.74, 6) is 0.0543. The summed E-state index contributed by atoms with van der Waals surface area (Å²) in [6.07, 6.45) is 5.50. The van der Waals surface area contributed by atoms with Gasteiger partial charge in [0.25, 0.3) is 10.0 Å². The molecule has 2 atom stereocenters. The quantitative estimate of drug-likeness (QED) is 0.839. The summed E-state index contributed by atoms with van der Waals surface area (Å²) >= 11 is 0. The molecule has 1 aliphatic heterocycles. The summed E-state index contributed by atoms with van der Waals surface area (Å²) in [6, 6.07) is 0.349. The van der Waals surface area contributed by atoms with E-state index in [0.29, 0.717) is 0 Å². The van der Waals surface area contributed by atoms with Crippen LogP contribution in [0.3, 0.4) is 0 Å². The van der Waals surface area contributed by atoms with E-state index in [1.165, 1.54) is 12.4 Å². The molecular formula is C11H19N5O2S. The van der Waals surface area contributed by atoms with Crippen LogP contribution in [0.25, 0.3) is 0 Å². The number of hydrogen-bond acceptors (Lipinski definition) is 6. The largest absolute Gasteiger partial charge is 0.368 e. The molecule has 0 bridgehead atoms. The molecule has 8 heteroatoms. The third-order valence-corrected chi connectivity index (χ3v) is 4.66. The molecule has 2 rings (SSSR count). The number of nitrogen functional groups attached to an aromatic ring is 1. The molecule has 7 nitrogen and oxygen atoms in total. The number of nitrogens with two attached hydrogens (primary N) is 1. The maximum atomic E-state index is 12.2. The van der Waals surface area contributed by atoms with Gasteiger partial charge in [-0.1, -0.05) is 6.42 Å². The van der Waals surface area contributed by atoms with Crippen molar-refractivity contribution in [2.75, 3.05) is 5.73 Å². The monoisotopic (exact) mass is 285 g/mol. The first-order valence-corrected chi connectivity index (χ1v) is 7.77. The van der Waals surface area contributed by atoms with Crippen LogP contribution >= 0.6 is 0 Å². The second-order valence-electron chi connectivity index (χ2n) is 4.91. The van der Waals surface area contributed by atoms with Crippen molar-refractivity contribution in [3.63, 3.8) is 0 Å². The van der Waals surface area contributed by atoms with Gasteiger partial charge >= 0.3 is 0 Å². The summed E-state index contributed by atoms with van der Waals surface area (Å²) in [5.41, 5.74) is 5.35. The third-order valence-electron chi connectivity index (χ3n) is 3.38. The maximum absolute atomic E-state index is 12.2. The van der Waals surface area contributed by atoms with E-state index >= 15 is 0 Å². The number of sulfonamides is 1. The molecule has 1 fully saturated rings. The smallest absolute Gasteiger partial charge is 0.256 e. The predicted octanol–water partition coefficient (Wildman–Crippen LogP) is 0.515. The predicted molar refractivity (Wildman–Crippen MR) is 71.4 cm³/mol. The van der Waals surface area contributed by atoms with E-state index in [1.807, 2.05) is 13.8 Å². The number of hydrazine groups is 1. The molecule has 3 N–H and O–H groups in total. The topological polar surface area (TPSA) is 101 Å². The van der Waals surface area contributed by atoms with Crippen LogP contribution in [-0.2, 0) is 10.0 Å². The van der Waals surface area contributed by atoms with Crippen molar-refractivity contribution < 1.29 is 8.42 Å². The van der Waals surface area contributed by atoms with E-state index < -0.39 is 10.0 Å². The molecule has 0 radical (unpaired) electrons. The van der Waals surface area contributed by atoms with Gasteiger partial charge in [0.05, 0.1) is 12.4 Å². The Balaban J connectivity index is 2.18. The van der Waals surface area contributed by atoms with Crippen molar-refractivity contribution in [3.8, 4) is 0 Å². The lowest BCUT2D eigenvalue weighted by molar-refractivity contribution is 0.0790. The van der Waals surface area contributed by atoms with Crippen LogP contribution in [0, 0.1) is 0 Å². The van der Waals surface area contributed by atoms with E-state index in [9.17, 15) is 8.42 Å². The Kier molecular flexibility index (Phi) is 4.02. The molecule has 2 unspecified atom stereocenters. The van der Waals surface area contributed by atoms with Gasteiger partial charge in [-0.25, -0.2) is 23.4 Å². The Labute approximate surface area is 113 Å². The van der Waals surface area contributed by atoms with E-state index in [-0.39, 0.29) is 22.9 Å². The molecule has 19 heavy (non-hydrogen) atoms. The summed E-state index contributed by atoms with van der Waals surface area (Å²) in [7, 11) is -3.65. The lowest BCUT2D eigenvalue weighted by atomic mass is 10.0. The second-order valence-corrected chi connectivity index (χ2v) is 6.57. The van der Waals surface area contributed by atoms with Crippen LogP contribution in [0.5, 0.6) is 0 Å². The SMILES string of the molecule is CC1CCCC(C)N1NS(=O)(=O)c1cnc(N)nc1. The zero-order valence-corrected chi connectivity index (χ0v) is 11.9. The Hall–Kier alpha value is -1.25. The minimum absolute atomic E-state index is 0.0201. The highest BCUT2D eigenvalue weighted by Gasteiger charge is 2.29. The van der Waals surface area contributed by atoms with Crippen LogP contribution in [0.1, 0.15) is 33.1 Å².